The fourth-order valence-electron chi connectivity index (χ4n) is 3.45. The van der Waals surface area contributed by atoms with Gasteiger partial charge >= 0.3 is 5.97 Å². The Hall–Kier alpha value is -0.916. The van der Waals surface area contributed by atoms with Gasteiger partial charge in [0.2, 0.25) is 0 Å². The molecule has 3 nitrogen and oxygen atoms in total. The summed E-state index contributed by atoms with van der Waals surface area (Å²) < 4.78 is 8.10. The molecule has 0 bridgehead atoms. The van der Waals surface area contributed by atoms with Crippen LogP contribution >= 0.6 is 0 Å². The smallest absolute Gasteiger partial charge is 0.313 e. The average Bonchev–Trinajstić information content (AvgIpc) is 2.24. The minimum absolute atomic E-state index is 0.102. The third kappa shape index (κ3) is 3.05. The number of benzene rings is 1. The Morgan fingerprint density at radius 1 is 1.05 bits per heavy atom. The van der Waals surface area contributed by atoms with Gasteiger partial charge in [0.05, 0.1) is 6.42 Å². The van der Waals surface area contributed by atoms with Crippen LogP contribution in [0.5, 0.6) is 5.75 Å². The van der Waals surface area contributed by atoms with E-state index in [-0.39, 0.29) is 12.0 Å². The third-order valence-electron chi connectivity index (χ3n) is 3.62. The predicted molar refractivity (Wildman–Crippen MR) is 88.0 cm³/mol. The van der Waals surface area contributed by atoms with Crippen molar-refractivity contribution in [2.24, 2.45) is 0 Å². The van der Waals surface area contributed by atoms with Crippen LogP contribution < -0.4 is 4.74 Å². The number of nitrogens with zero attached hydrogens (tertiary/aromatic N) is 1. The molecule has 1 aliphatic rings. The number of carbonyl (C=O) groups is 1. The van der Waals surface area contributed by atoms with Crippen LogP contribution in [0, 0.1) is 0 Å². The summed E-state index contributed by atoms with van der Waals surface area (Å²) in [5.41, 5.74) is 1.18. The first-order chi connectivity index (χ1) is 9.10. The van der Waals surface area contributed by atoms with Crippen molar-refractivity contribution < 1.29 is 9.53 Å². The molecule has 1 unspecified atom stereocenters. The number of rotatable bonds is 3. The summed E-state index contributed by atoms with van der Waals surface area (Å²) >= 11 is 0. The van der Waals surface area contributed by atoms with Gasteiger partial charge in [0.15, 0.2) is 0 Å². The summed E-state index contributed by atoms with van der Waals surface area (Å²) in [4.78, 5) is 12.0. The number of para-hydroxylation sites is 1. The van der Waals surface area contributed by atoms with Gasteiger partial charge in [-0.1, -0.05) is 57.5 Å². The Balaban J connectivity index is 2.52. The van der Waals surface area contributed by atoms with Gasteiger partial charge in [-0.05, 0) is 6.07 Å². The van der Waals surface area contributed by atoms with Crippen LogP contribution in [-0.4, -0.2) is 26.7 Å². The van der Waals surface area contributed by atoms with Crippen LogP contribution in [0.4, 0.5) is 0 Å². The second-order valence-corrected chi connectivity index (χ2v) is 17.5. The number of carbonyl (C=O) groups excluding carboxylic acids is 1. The van der Waals surface area contributed by atoms with E-state index in [4.69, 9.17) is 4.74 Å². The lowest BCUT2D eigenvalue weighted by Gasteiger charge is -2.49. The fourth-order valence-corrected chi connectivity index (χ4v) is 13.8. The second-order valence-electron chi connectivity index (χ2n) is 7.44. The van der Waals surface area contributed by atoms with E-state index in [0.717, 1.165) is 5.75 Å². The van der Waals surface area contributed by atoms with Gasteiger partial charge in [0.25, 0.3) is 0 Å². The highest BCUT2D eigenvalue weighted by Crippen LogP contribution is 2.41. The number of ether oxygens (including phenoxy) is 1. The number of hydrogen-bond acceptors (Lipinski definition) is 3. The first-order valence-electron chi connectivity index (χ1n) is 7.20. The minimum Gasteiger partial charge on any atom is -0.426 e. The summed E-state index contributed by atoms with van der Waals surface area (Å²) in [6.07, 6.45) is 0.478. The highest BCUT2D eigenvalue weighted by atomic mass is 28.4. The van der Waals surface area contributed by atoms with Gasteiger partial charge in [0, 0.05) is 11.6 Å². The maximum atomic E-state index is 12.0. The maximum absolute atomic E-state index is 12.0. The Kier molecular flexibility index (Phi) is 3.97. The molecule has 0 saturated carbocycles. The van der Waals surface area contributed by atoms with Crippen molar-refractivity contribution in [3.8, 4) is 5.75 Å². The van der Waals surface area contributed by atoms with E-state index in [9.17, 15) is 4.79 Å². The Morgan fingerprint density at radius 2 is 1.60 bits per heavy atom. The lowest BCUT2D eigenvalue weighted by molar-refractivity contribution is -0.136. The molecule has 0 fully saturated rings. The van der Waals surface area contributed by atoms with E-state index < -0.39 is 16.5 Å². The highest BCUT2D eigenvalue weighted by Gasteiger charge is 2.43. The van der Waals surface area contributed by atoms with Crippen molar-refractivity contribution >= 4 is 22.4 Å². The fraction of sp³-hybridized carbons (Fsp3) is 0.533. The molecular weight excluding hydrogens is 282 g/mol. The molecule has 0 aromatic heterocycles. The van der Waals surface area contributed by atoms with Crippen LogP contribution in [0.1, 0.15) is 18.0 Å². The molecule has 0 aliphatic carbocycles. The van der Waals surface area contributed by atoms with Crippen molar-refractivity contribution in [3.05, 3.63) is 29.8 Å². The van der Waals surface area contributed by atoms with Crippen LogP contribution in [0.2, 0.25) is 39.3 Å². The topological polar surface area (TPSA) is 29.5 Å². The third-order valence-corrected chi connectivity index (χ3v) is 11.2. The normalized spacial score (nSPS) is 19.8. The van der Waals surface area contributed by atoms with Crippen molar-refractivity contribution in [2.45, 2.75) is 51.7 Å². The number of hydrogen-bond donors (Lipinski definition) is 0. The van der Waals surface area contributed by atoms with Gasteiger partial charge in [-0.3, -0.25) is 4.79 Å². The molecule has 1 aromatic rings. The van der Waals surface area contributed by atoms with Gasteiger partial charge in [0.1, 0.15) is 22.2 Å². The largest absolute Gasteiger partial charge is 0.426 e. The molecule has 1 aromatic carbocycles. The zero-order chi connectivity index (χ0) is 15.1. The number of esters is 1. The van der Waals surface area contributed by atoms with E-state index in [1.807, 2.05) is 18.2 Å². The highest BCUT2D eigenvalue weighted by molar-refractivity contribution is 6.89. The standard InChI is InChI=1S/C15H25NO2Si2/c1-19(2,3)16(20(4,5)6)13-11-15(17)18-14-10-8-7-9-12(13)14/h7-10,13H,11H2,1-6H3. The van der Waals surface area contributed by atoms with Crippen LogP contribution in [0.25, 0.3) is 0 Å². The molecular formula is C15H25NO2Si2. The molecule has 1 heterocycles. The molecule has 5 heteroatoms. The van der Waals surface area contributed by atoms with Crippen molar-refractivity contribution in [2.75, 3.05) is 0 Å². The van der Waals surface area contributed by atoms with Gasteiger partial charge in [-0.15, -0.1) is 0 Å². The summed E-state index contributed by atoms with van der Waals surface area (Å²) in [6.45, 7) is 14.2. The molecule has 20 heavy (non-hydrogen) atoms. The molecule has 1 aliphatic heterocycles. The minimum atomic E-state index is -1.52. The lowest BCUT2D eigenvalue weighted by atomic mass is 10.0. The lowest BCUT2D eigenvalue weighted by Crippen LogP contribution is -2.61. The van der Waals surface area contributed by atoms with E-state index in [2.05, 4.69) is 49.6 Å². The Bertz CT molecular complexity index is 503. The molecule has 0 spiro atoms. The average molecular weight is 308 g/mol. The molecule has 1 atom stereocenters. The Morgan fingerprint density at radius 3 is 2.15 bits per heavy atom. The number of fused-ring (bicyclic) bond motifs is 1. The first kappa shape index (κ1) is 15.5. The van der Waals surface area contributed by atoms with Crippen LogP contribution in [0.15, 0.2) is 24.3 Å². The summed E-state index contributed by atoms with van der Waals surface area (Å²) in [5, 5.41) is 0. The summed E-state index contributed by atoms with van der Waals surface area (Å²) in [5.74, 6) is 0.644. The van der Waals surface area contributed by atoms with Crippen LogP contribution in [-0.2, 0) is 4.79 Å². The van der Waals surface area contributed by atoms with Crippen molar-refractivity contribution in [1.82, 2.24) is 4.23 Å². The van der Waals surface area contributed by atoms with E-state index in [0.29, 0.717) is 6.42 Å². The second kappa shape index (κ2) is 5.13. The van der Waals surface area contributed by atoms with E-state index in [1.165, 1.54) is 5.56 Å². The Labute approximate surface area is 124 Å². The zero-order valence-electron chi connectivity index (χ0n) is 13.4. The SMILES string of the molecule is C[Si](C)(C)N(C1CC(=O)Oc2ccccc21)[Si](C)(C)C. The molecule has 0 amide bonds. The van der Waals surface area contributed by atoms with Crippen LogP contribution in [0.3, 0.4) is 0 Å². The maximum Gasteiger partial charge on any atom is 0.313 e. The summed E-state index contributed by atoms with van der Waals surface area (Å²) in [6, 6.07) is 8.18. The van der Waals surface area contributed by atoms with E-state index >= 15 is 0 Å². The molecule has 0 N–H and O–H groups in total. The molecule has 110 valence electrons. The quantitative estimate of drug-likeness (QED) is 0.480. The monoisotopic (exact) mass is 307 g/mol. The predicted octanol–water partition coefficient (Wildman–Crippen LogP) is 4.01. The van der Waals surface area contributed by atoms with Gasteiger partial charge < -0.3 is 8.97 Å². The summed E-state index contributed by atoms with van der Waals surface area (Å²) in [7, 11) is -3.04. The molecule has 0 radical (unpaired) electrons. The molecule has 2 rings (SSSR count). The van der Waals surface area contributed by atoms with E-state index in [1.54, 1.807) is 0 Å². The van der Waals surface area contributed by atoms with Crippen molar-refractivity contribution in [1.29, 1.82) is 0 Å². The molecule has 0 saturated heterocycles. The first-order valence-corrected chi connectivity index (χ1v) is 14.1. The van der Waals surface area contributed by atoms with Crippen molar-refractivity contribution in [3.63, 3.8) is 0 Å². The zero-order valence-corrected chi connectivity index (χ0v) is 15.4. The van der Waals surface area contributed by atoms with Gasteiger partial charge in [-0.25, -0.2) is 0 Å². The van der Waals surface area contributed by atoms with Gasteiger partial charge in [-0.2, -0.15) is 0 Å².